The number of fused-ring (bicyclic) bond motifs is 14. The molecule has 3 aliphatic heterocycles. The summed E-state index contributed by atoms with van der Waals surface area (Å²) in [4.78, 5) is 2.33. The molecule has 0 bridgehead atoms. The van der Waals surface area contributed by atoms with E-state index in [2.05, 4.69) is 0 Å². The number of aromatic nitrogens is 1. The number of hydrogen-bond acceptors (Lipinski definition) is 4. The second kappa shape index (κ2) is 11.4. The van der Waals surface area contributed by atoms with E-state index in [9.17, 15) is 21.9 Å². The van der Waals surface area contributed by atoms with Crippen LogP contribution < -0.4 is 26.4 Å². The van der Waals surface area contributed by atoms with Crippen molar-refractivity contribution in [3.8, 4) is 16.8 Å². The van der Waals surface area contributed by atoms with Crippen molar-refractivity contribution in [1.82, 2.24) is 4.57 Å². The monoisotopic (exact) mass is 812 g/mol. The molecule has 0 fully saturated rings. The summed E-state index contributed by atoms with van der Waals surface area (Å²) < 4.78 is 261. The summed E-state index contributed by atoms with van der Waals surface area (Å²) in [5.41, 5.74) is -7.86. The third-order valence-corrected chi connectivity index (χ3v) is 12.3. The summed E-state index contributed by atoms with van der Waals surface area (Å²) >= 11 is 0.687. The zero-order chi connectivity index (χ0) is 63.1. The van der Waals surface area contributed by atoms with Gasteiger partial charge in [0, 0.05) is 53.4 Å². The van der Waals surface area contributed by atoms with Gasteiger partial charge in [-0.25, -0.2) is 0 Å². The highest BCUT2D eigenvalue weighted by Crippen LogP contribution is 2.54. The first-order valence-corrected chi connectivity index (χ1v) is 19.5. The predicted octanol–water partition coefficient (Wildman–Crippen LogP) is 13.3. The number of thiophene rings is 1. The molecule has 282 valence electrons. The summed E-state index contributed by atoms with van der Waals surface area (Å²) in [6.45, 7) is 3.13. The van der Waals surface area contributed by atoms with E-state index in [1.807, 2.05) is 0 Å². The standard InChI is InChI=1S/C54H36BN3OS/c1-54(2,3)33-28-44-49-45(29-33)58-42-20-11-17-38-35-15-7-9-19-41(35)57(50(38)42)43-21-12-18-40(52(43)58)55(49)53-51(39-27-32(23-26-46(39)59-53)31-13-5-4-6-14-31)56(44)34-24-25-37-36-16-8-10-22-47(36)60-48(37)30-34/h4-30H,1-3H3/i4D,5D,6D,7D,8D,9D,10D,11D,12D,13D,14D,15D,16D,17D,18D,19D,20D,21D,22D,23D,24D,25D,26D,27D,28D,29D,30D. The van der Waals surface area contributed by atoms with Crippen LogP contribution in [0.2, 0.25) is 0 Å². The van der Waals surface area contributed by atoms with Gasteiger partial charge in [-0.2, -0.15) is 0 Å². The molecule has 4 nitrogen and oxygen atoms in total. The Morgan fingerprint density at radius 3 is 2.15 bits per heavy atom. The molecule has 3 aromatic heterocycles. The fourth-order valence-electron chi connectivity index (χ4n) is 8.77. The lowest BCUT2D eigenvalue weighted by atomic mass is 9.35. The van der Waals surface area contributed by atoms with Crippen molar-refractivity contribution in [2.75, 3.05) is 9.80 Å². The van der Waals surface area contributed by atoms with E-state index in [0.29, 0.717) is 11.3 Å². The van der Waals surface area contributed by atoms with Crippen molar-refractivity contribution < 1.29 is 41.4 Å². The largest absolute Gasteiger partial charge is 0.468 e. The van der Waals surface area contributed by atoms with Gasteiger partial charge in [-0.1, -0.05) is 123 Å². The molecule has 3 aliphatic rings. The molecule has 0 aliphatic carbocycles. The molecule has 0 atom stereocenters. The molecule has 0 saturated heterocycles. The van der Waals surface area contributed by atoms with Crippen LogP contribution in [0.1, 0.15) is 63.3 Å². The average Bonchev–Trinajstić information content (AvgIpc) is 1.64. The fourth-order valence-corrected chi connectivity index (χ4v) is 9.74. The summed E-state index contributed by atoms with van der Waals surface area (Å²) in [5, 5.41) is -1.53. The van der Waals surface area contributed by atoms with Crippen molar-refractivity contribution in [1.29, 1.82) is 0 Å². The Bertz CT molecular complexity index is 5250. The van der Waals surface area contributed by atoms with E-state index in [1.165, 1.54) is 9.47 Å². The van der Waals surface area contributed by atoms with Gasteiger partial charge in [0.1, 0.15) is 5.58 Å². The van der Waals surface area contributed by atoms with E-state index in [4.69, 9.17) is 19.5 Å². The topological polar surface area (TPSA) is 24.6 Å². The highest BCUT2D eigenvalue weighted by molar-refractivity contribution is 7.25. The van der Waals surface area contributed by atoms with Crippen LogP contribution in [0.25, 0.3) is 69.8 Å². The Balaban J connectivity index is 1.27. The summed E-state index contributed by atoms with van der Waals surface area (Å²) in [6.07, 6.45) is 0. The van der Waals surface area contributed by atoms with Crippen molar-refractivity contribution in [2.45, 2.75) is 26.2 Å². The lowest BCUT2D eigenvalue weighted by Crippen LogP contribution is -2.61. The molecule has 14 rings (SSSR count). The van der Waals surface area contributed by atoms with Gasteiger partial charge in [0.05, 0.1) is 76.5 Å². The normalized spacial score (nSPS) is 20.1. The van der Waals surface area contributed by atoms with E-state index >= 15 is 0 Å². The number of anilines is 6. The van der Waals surface area contributed by atoms with Crippen molar-refractivity contribution >= 4 is 122 Å². The molecule has 6 heteroatoms. The van der Waals surface area contributed by atoms with E-state index in [0.717, 1.165) is 4.90 Å². The molecule has 6 heterocycles. The number of furan rings is 1. The maximum absolute atomic E-state index is 10.6. The minimum atomic E-state index is -1.81. The first kappa shape index (κ1) is 16.6. The summed E-state index contributed by atoms with van der Waals surface area (Å²) in [7, 11) is 0. The van der Waals surface area contributed by atoms with Crippen LogP contribution in [0.3, 0.4) is 0 Å². The Morgan fingerprint density at radius 1 is 0.550 bits per heavy atom. The maximum atomic E-state index is 10.6. The van der Waals surface area contributed by atoms with Gasteiger partial charge < -0.3 is 18.8 Å². The molecule has 0 radical (unpaired) electrons. The second-order valence-corrected chi connectivity index (χ2v) is 16.6. The molecule has 0 saturated carbocycles. The molecule has 0 N–H and O–H groups in total. The number of nitrogens with zero attached hydrogens (tertiary/aromatic N) is 3. The third kappa shape index (κ3) is 4.16. The summed E-state index contributed by atoms with van der Waals surface area (Å²) in [6, 6.07) is -19.9. The average molecular weight is 813 g/mol. The molecule has 0 spiro atoms. The van der Waals surface area contributed by atoms with Gasteiger partial charge in [-0.15, -0.1) is 11.3 Å². The zero-order valence-electron chi connectivity index (χ0n) is 58.2. The SMILES string of the molecule is [2H]c1c([2H])c([2H])c(-c2c([2H])c([2H])c3oc4c(c3c2[2H])N(c2c([2H])c([2H])c3c(sc5c([2H])c([2H])c([2H])c([2H])c53)c2[2H])c2c([2H])c(C(C)(C)C)c([2H])c3c2B4c2c([2H])c([2H])c([2H])c4c2N3c2c([2H])c([2H])c([2H])c3c5c([2H])c([2H])c([2H])c([2H])c5n-4c23)c([2H])c1[2H]. The van der Waals surface area contributed by atoms with Crippen LogP contribution in [-0.4, -0.2) is 11.3 Å². The fraction of sp³-hybridized carbons (Fsp3) is 0.0741. The van der Waals surface area contributed by atoms with Crippen molar-refractivity contribution in [3.63, 3.8) is 0 Å². The van der Waals surface area contributed by atoms with E-state index < -0.39 is 220 Å². The molecular formula is C54H36BN3OS. The number of benzene rings is 8. The first-order valence-electron chi connectivity index (χ1n) is 32.2. The number of rotatable bonds is 2. The maximum Gasteiger partial charge on any atom is 0.297 e. The first-order chi connectivity index (χ1) is 40.7. The van der Waals surface area contributed by atoms with E-state index in [1.54, 1.807) is 20.8 Å². The molecule has 60 heavy (non-hydrogen) atoms. The van der Waals surface area contributed by atoms with Gasteiger partial charge >= 0.3 is 0 Å². The lowest BCUT2D eigenvalue weighted by molar-refractivity contribution is 0.590. The van der Waals surface area contributed by atoms with Crippen molar-refractivity contribution in [3.05, 3.63) is 169 Å². The van der Waals surface area contributed by atoms with Crippen LogP contribution in [-0.2, 0) is 5.41 Å². The molecule has 0 unspecified atom stereocenters. The highest BCUT2D eigenvalue weighted by atomic mass is 32.1. The number of hydrogen-bond donors (Lipinski definition) is 0. The van der Waals surface area contributed by atoms with Crippen LogP contribution in [0.5, 0.6) is 0 Å². The minimum absolute atomic E-state index is 0.0934. The van der Waals surface area contributed by atoms with Gasteiger partial charge in [0.25, 0.3) is 6.71 Å². The van der Waals surface area contributed by atoms with Crippen LogP contribution in [0.15, 0.2) is 168 Å². The summed E-state index contributed by atoms with van der Waals surface area (Å²) in [5.74, 6) is 0. The van der Waals surface area contributed by atoms with Gasteiger partial charge in [0.2, 0.25) is 0 Å². The van der Waals surface area contributed by atoms with Gasteiger partial charge in [-0.05, 0) is 93.5 Å². The van der Waals surface area contributed by atoms with Gasteiger partial charge in [0.15, 0.2) is 0 Å². The van der Waals surface area contributed by atoms with Crippen LogP contribution >= 0.6 is 11.3 Å². The minimum Gasteiger partial charge on any atom is -0.468 e. The van der Waals surface area contributed by atoms with Crippen LogP contribution in [0.4, 0.5) is 34.1 Å². The number of para-hydroxylation sites is 3. The molecular weight excluding hydrogens is 749 g/mol. The Labute approximate surface area is 389 Å². The lowest BCUT2D eigenvalue weighted by Gasteiger charge is -2.45. The Kier molecular flexibility index (Phi) is 3.14. The quantitative estimate of drug-likeness (QED) is 0.163. The predicted molar refractivity (Wildman–Crippen MR) is 255 cm³/mol. The Morgan fingerprint density at radius 2 is 1.28 bits per heavy atom. The third-order valence-electron chi connectivity index (χ3n) is 11.3. The van der Waals surface area contributed by atoms with Gasteiger partial charge in [-0.3, -0.25) is 0 Å². The van der Waals surface area contributed by atoms with Crippen LogP contribution in [0, 0.1) is 0 Å². The zero-order valence-corrected chi connectivity index (χ0v) is 32.1. The molecule has 11 aromatic rings. The highest BCUT2D eigenvalue weighted by Gasteiger charge is 2.49. The van der Waals surface area contributed by atoms with E-state index in [-0.39, 0.29) is 81.2 Å². The smallest absolute Gasteiger partial charge is 0.297 e. The molecule has 8 aromatic carbocycles. The second-order valence-electron chi connectivity index (χ2n) is 15.6. The molecule has 0 amide bonds. The Hall–Kier alpha value is -7.02. The van der Waals surface area contributed by atoms with Crippen molar-refractivity contribution in [2.24, 2.45) is 0 Å².